The van der Waals surface area contributed by atoms with Gasteiger partial charge in [-0.2, -0.15) is 0 Å². The van der Waals surface area contributed by atoms with E-state index in [1.165, 1.54) is 0 Å². The van der Waals surface area contributed by atoms with Crippen molar-refractivity contribution in [2.24, 2.45) is 4.99 Å². The SMILES string of the molecule is C1=C2Nc3ccccc3N=C(c3ccccc3)[C@@H]2NN1c1ccccc1. The minimum atomic E-state index is -0.0370. The van der Waals surface area contributed by atoms with Crippen LogP contribution in [-0.4, -0.2) is 11.8 Å². The van der Waals surface area contributed by atoms with Gasteiger partial charge < -0.3 is 5.32 Å². The highest BCUT2D eigenvalue weighted by molar-refractivity contribution is 6.09. The van der Waals surface area contributed by atoms with Gasteiger partial charge >= 0.3 is 0 Å². The van der Waals surface area contributed by atoms with Gasteiger partial charge in [-0.25, -0.2) is 10.4 Å². The molecule has 0 saturated carbocycles. The van der Waals surface area contributed by atoms with Crippen LogP contribution >= 0.6 is 0 Å². The van der Waals surface area contributed by atoms with Crippen LogP contribution in [-0.2, 0) is 0 Å². The number of nitrogens with one attached hydrogen (secondary N) is 2. The van der Waals surface area contributed by atoms with Crippen molar-refractivity contribution in [1.29, 1.82) is 0 Å². The number of aliphatic imine (C=N–C) groups is 1. The Morgan fingerprint density at radius 3 is 2.27 bits per heavy atom. The molecule has 0 spiro atoms. The van der Waals surface area contributed by atoms with Crippen molar-refractivity contribution in [2.45, 2.75) is 6.04 Å². The normalized spacial score (nSPS) is 18.2. The average molecular weight is 338 g/mol. The Hall–Kier alpha value is -3.37. The summed E-state index contributed by atoms with van der Waals surface area (Å²) >= 11 is 0. The van der Waals surface area contributed by atoms with Gasteiger partial charge in [0.25, 0.3) is 0 Å². The smallest absolute Gasteiger partial charge is 0.111 e. The monoisotopic (exact) mass is 338 g/mol. The van der Waals surface area contributed by atoms with E-state index in [9.17, 15) is 0 Å². The molecule has 0 fully saturated rings. The number of hydrazine groups is 1. The molecule has 0 unspecified atom stereocenters. The van der Waals surface area contributed by atoms with E-state index in [1.54, 1.807) is 0 Å². The third-order valence-electron chi connectivity index (χ3n) is 4.65. The van der Waals surface area contributed by atoms with Crippen LogP contribution in [0.1, 0.15) is 5.56 Å². The summed E-state index contributed by atoms with van der Waals surface area (Å²) in [5, 5.41) is 5.62. The number of rotatable bonds is 2. The van der Waals surface area contributed by atoms with Gasteiger partial charge in [0, 0.05) is 6.20 Å². The first kappa shape index (κ1) is 14.9. The average Bonchev–Trinajstić information content (AvgIpc) is 3.05. The number of nitrogens with zero attached hydrogens (tertiary/aromatic N) is 2. The van der Waals surface area contributed by atoms with Crippen LogP contribution in [0.3, 0.4) is 0 Å². The second-order valence-electron chi connectivity index (χ2n) is 6.36. The molecular formula is C22H18N4. The van der Waals surface area contributed by atoms with Crippen molar-refractivity contribution in [3.8, 4) is 0 Å². The fourth-order valence-electron chi connectivity index (χ4n) is 3.38. The lowest BCUT2D eigenvalue weighted by atomic mass is 10.0. The van der Waals surface area contributed by atoms with E-state index >= 15 is 0 Å². The lowest BCUT2D eigenvalue weighted by Gasteiger charge is -2.21. The molecule has 4 nitrogen and oxygen atoms in total. The predicted octanol–water partition coefficient (Wildman–Crippen LogP) is 4.47. The summed E-state index contributed by atoms with van der Waals surface area (Å²) in [7, 11) is 0. The van der Waals surface area contributed by atoms with Crippen molar-refractivity contribution in [3.05, 3.63) is 102 Å². The quantitative estimate of drug-likeness (QED) is 0.724. The van der Waals surface area contributed by atoms with Crippen molar-refractivity contribution in [1.82, 2.24) is 5.43 Å². The molecule has 1 atom stereocenters. The third-order valence-corrected chi connectivity index (χ3v) is 4.65. The Bertz CT molecular complexity index is 993. The molecule has 126 valence electrons. The highest BCUT2D eigenvalue weighted by Crippen LogP contribution is 2.34. The third kappa shape index (κ3) is 2.57. The Morgan fingerprint density at radius 1 is 0.769 bits per heavy atom. The molecule has 3 aromatic carbocycles. The van der Waals surface area contributed by atoms with E-state index in [0.29, 0.717) is 0 Å². The summed E-state index contributed by atoms with van der Waals surface area (Å²) in [4.78, 5) is 5.00. The summed E-state index contributed by atoms with van der Waals surface area (Å²) in [5.41, 5.74) is 9.85. The molecular weight excluding hydrogens is 320 g/mol. The second kappa shape index (κ2) is 6.17. The minimum absolute atomic E-state index is 0.0370. The van der Waals surface area contributed by atoms with E-state index in [0.717, 1.165) is 34.0 Å². The molecule has 4 heteroatoms. The van der Waals surface area contributed by atoms with Gasteiger partial charge in [0.1, 0.15) is 6.04 Å². The van der Waals surface area contributed by atoms with E-state index in [2.05, 4.69) is 64.4 Å². The molecule has 0 radical (unpaired) electrons. The number of para-hydroxylation sites is 3. The lowest BCUT2D eigenvalue weighted by Crippen LogP contribution is -2.42. The van der Waals surface area contributed by atoms with Gasteiger partial charge in [0.15, 0.2) is 0 Å². The topological polar surface area (TPSA) is 39.7 Å². The Kier molecular flexibility index (Phi) is 3.54. The van der Waals surface area contributed by atoms with Gasteiger partial charge in [0.05, 0.1) is 28.5 Å². The maximum absolute atomic E-state index is 5.00. The van der Waals surface area contributed by atoms with E-state index in [-0.39, 0.29) is 6.04 Å². The van der Waals surface area contributed by atoms with Crippen molar-refractivity contribution < 1.29 is 0 Å². The number of hydrogen-bond donors (Lipinski definition) is 2. The van der Waals surface area contributed by atoms with Crippen molar-refractivity contribution >= 4 is 22.8 Å². The largest absolute Gasteiger partial charge is 0.354 e. The Labute approximate surface area is 152 Å². The van der Waals surface area contributed by atoms with Gasteiger partial charge in [-0.3, -0.25) is 5.01 Å². The molecule has 0 saturated heterocycles. The van der Waals surface area contributed by atoms with Crippen LogP contribution < -0.4 is 15.8 Å². The second-order valence-corrected chi connectivity index (χ2v) is 6.36. The van der Waals surface area contributed by atoms with Crippen LogP contribution in [0.15, 0.2) is 102 Å². The first-order valence-corrected chi connectivity index (χ1v) is 8.71. The number of fused-ring (bicyclic) bond motifs is 2. The molecule has 0 bridgehead atoms. The van der Waals surface area contributed by atoms with Gasteiger partial charge in [-0.05, 0) is 29.8 Å². The minimum Gasteiger partial charge on any atom is -0.354 e. The highest BCUT2D eigenvalue weighted by Gasteiger charge is 2.32. The molecule has 0 amide bonds. The molecule has 0 aromatic heterocycles. The molecule has 2 N–H and O–H groups in total. The van der Waals surface area contributed by atoms with E-state index in [1.807, 2.05) is 42.5 Å². The maximum atomic E-state index is 5.00. The van der Waals surface area contributed by atoms with Gasteiger partial charge in [0.2, 0.25) is 0 Å². The first-order valence-electron chi connectivity index (χ1n) is 8.71. The lowest BCUT2D eigenvalue weighted by molar-refractivity contribution is 0.740. The fraction of sp³-hybridized carbons (Fsp3) is 0.0455. The van der Waals surface area contributed by atoms with Gasteiger partial charge in [-0.1, -0.05) is 60.7 Å². The maximum Gasteiger partial charge on any atom is 0.111 e. The molecule has 2 aliphatic heterocycles. The molecule has 3 aromatic rings. The van der Waals surface area contributed by atoms with E-state index < -0.39 is 0 Å². The van der Waals surface area contributed by atoms with Crippen LogP contribution in [0.4, 0.5) is 17.1 Å². The standard InChI is InChI=1S/C22H18N4/c1-3-9-16(10-4-1)21-22-20(23-18-13-7-8-14-19(18)24-21)15-26(25-22)17-11-5-2-6-12-17/h1-15,22-23,25H/t22-/m1/s1. The predicted molar refractivity (Wildman–Crippen MR) is 107 cm³/mol. The number of hydrogen-bond acceptors (Lipinski definition) is 4. The number of benzene rings is 3. The van der Waals surface area contributed by atoms with Crippen molar-refractivity contribution in [2.75, 3.05) is 10.3 Å². The summed E-state index contributed by atoms with van der Waals surface area (Å²) in [6.45, 7) is 0. The summed E-state index contributed by atoms with van der Waals surface area (Å²) in [6.07, 6.45) is 2.11. The molecule has 2 heterocycles. The zero-order valence-electron chi connectivity index (χ0n) is 14.1. The summed E-state index contributed by atoms with van der Waals surface area (Å²) < 4.78 is 0. The molecule has 5 rings (SSSR count). The first-order chi connectivity index (χ1) is 12.9. The summed E-state index contributed by atoms with van der Waals surface area (Å²) in [5.74, 6) is 0. The van der Waals surface area contributed by atoms with Crippen LogP contribution in [0.5, 0.6) is 0 Å². The van der Waals surface area contributed by atoms with Crippen molar-refractivity contribution in [3.63, 3.8) is 0 Å². The molecule has 2 aliphatic rings. The van der Waals surface area contributed by atoms with Crippen LogP contribution in [0.25, 0.3) is 0 Å². The highest BCUT2D eigenvalue weighted by atomic mass is 15.5. The number of anilines is 2. The zero-order chi connectivity index (χ0) is 17.3. The van der Waals surface area contributed by atoms with Gasteiger partial charge in [-0.15, -0.1) is 0 Å². The van der Waals surface area contributed by atoms with Crippen LogP contribution in [0.2, 0.25) is 0 Å². The zero-order valence-corrected chi connectivity index (χ0v) is 14.1. The Balaban J connectivity index is 1.62. The molecule has 26 heavy (non-hydrogen) atoms. The van der Waals surface area contributed by atoms with Crippen LogP contribution in [0, 0.1) is 0 Å². The molecule has 0 aliphatic carbocycles. The fourth-order valence-corrected chi connectivity index (χ4v) is 3.38. The Morgan fingerprint density at radius 2 is 1.46 bits per heavy atom. The van der Waals surface area contributed by atoms with E-state index in [4.69, 9.17) is 4.99 Å². The summed E-state index contributed by atoms with van der Waals surface area (Å²) in [6, 6.07) is 28.7.